The molecular formula is C11H15BrN2O4S. The first kappa shape index (κ1) is 15.9. The molecule has 0 spiro atoms. The molecule has 19 heavy (non-hydrogen) atoms. The number of halogens is 1. The van der Waals surface area contributed by atoms with Gasteiger partial charge in [0.1, 0.15) is 9.84 Å². The van der Waals surface area contributed by atoms with Crippen LogP contribution in [0.25, 0.3) is 0 Å². The Hall–Kier alpha value is -1.15. The molecular weight excluding hydrogens is 336 g/mol. The molecule has 0 saturated carbocycles. The minimum Gasteiger partial charge on any atom is -0.381 e. The molecule has 0 aliphatic heterocycles. The van der Waals surface area contributed by atoms with Crippen molar-refractivity contribution in [3.63, 3.8) is 0 Å². The lowest BCUT2D eigenvalue weighted by molar-refractivity contribution is -0.385. The molecule has 0 saturated heterocycles. The summed E-state index contributed by atoms with van der Waals surface area (Å²) in [6.45, 7) is 3.38. The van der Waals surface area contributed by atoms with E-state index in [0.29, 0.717) is 15.7 Å². The van der Waals surface area contributed by atoms with E-state index in [0.717, 1.165) is 0 Å². The zero-order valence-corrected chi connectivity index (χ0v) is 13.2. The number of rotatable bonds is 5. The van der Waals surface area contributed by atoms with Crippen LogP contribution in [0.2, 0.25) is 0 Å². The van der Waals surface area contributed by atoms with Crippen LogP contribution in [0, 0.1) is 17.0 Å². The van der Waals surface area contributed by atoms with E-state index in [1.165, 1.54) is 12.3 Å². The van der Waals surface area contributed by atoms with Gasteiger partial charge in [-0.05, 0) is 35.8 Å². The third kappa shape index (κ3) is 4.79. The summed E-state index contributed by atoms with van der Waals surface area (Å²) in [5.41, 5.74) is 1.18. The van der Waals surface area contributed by atoms with Gasteiger partial charge in [-0.15, -0.1) is 0 Å². The van der Waals surface area contributed by atoms with Crippen LogP contribution in [0.5, 0.6) is 0 Å². The van der Waals surface area contributed by atoms with Gasteiger partial charge >= 0.3 is 0 Å². The van der Waals surface area contributed by atoms with Crippen LogP contribution in [0.15, 0.2) is 16.6 Å². The van der Waals surface area contributed by atoms with E-state index < -0.39 is 14.8 Å². The second-order valence-corrected chi connectivity index (χ2v) is 7.55. The van der Waals surface area contributed by atoms with Gasteiger partial charge < -0.3 is 5.32 Å². The summed E-state index contributed by atoms with van der Waals surface area (Å²) in [7, 11) is -3.07. The van der Waals surface area contributed by atoms with Crippen molar-refractivity contribution in [3.8, 4) is 0 Å². The predicted octanol–water partition coefficient (Wildman–Crippen LogP) is 2.51. The summed E-state index contributed by atoms with van der Waals surface area (Å²) in [6.07, 6.45) is 1.17. The number of nitrogens with one attached hydrogen (secondary N) is 1. The van der Waals surface area contributed by atoms with Crippen molar-refractivity contribution < 1.29 is 13.3 Å². The minimum absolute atomic E-state index is 0.00449. The van der Waals surface area contributed by atoms with Crippen LogP contribution in [0.1, 0.15) is 12.5 Å². The van der Waals surface area contributed by atoms with Crippen LogP contribution in [-0.2, 0) is 9.84 Å². The molecule has 0 bridgehead atoms. The van der Waals surface area contributed by atoms with Crippen LogP contribution < -0.4 is 5.32 Å². The number of anilines is 1. The highest BCUT2D eigenvalue weighted by molar-refractivity contribution is 9.10. The topological polar surface area (TPSA) is 89.3 Å². The summed E-state index contributed by atoms with van der Waals surface area (Å²) in [5.74, 6) is -0.00449. The molecule has 0 radical (unpaired) electrons. The van der Waals surface area contributed by atoms with Crippen LogP contribution in [0.4, 0.5) is 11.4 Å². The van der Waals surface area contributed by atoms with E-state index in [1.807, 2.05) is 0 Å². The minimum atomic E-state index is -3.07. The summed E-state index contributed by atoms with van der Waals surface area (Å²) in [5, 5.41) is 13.8. The highest BCUT2D eigenvalue weighted by atomic mass is 79.9. The predicted molar refractivity (Wildman–Crippen MR) is 78.3 cm³/mol. The van der Waals surface area contributed by atoms with Gasteiger partial charge in [0.2, 0.25) is 0 Å². The number of benzene rings is 1. The Morgan fingerprint density at radius 3 is 2.53 bits per heavy atom. The third-order valence-electron chi connectivity index (χ3n) is 2.44. The highest BCUT2D eigenvalue weighted by Gasteiger charge is 2.16. The Labute approximate surface area is 120 Å². The number of hydrogen-bond acceptors (Lipinski definition) is 5. The summed E-state index contributed by atoms with van der Waals surface area (Å²) in [6, 6.07) is 2.75. The Morgan fingerprint density at radius 2 is 2.05 bits per heavy atom. The van der Waals surface area contributed by atoms with E-state index in [-0.39, 0.29) is 17.5 Å². The van der Waals surface area contributed by atoms with Gasteiger partial charge in [-0.3, -0.25) is 10.1 Å². The fourth-order valence-electron chi connectivity index (χ4n) is 1.74. The first-order valence-corrected chi connectivity index (χ1v) is 8.34. The average molecular weight is 351 g/mol. The maximum absolute atomic E-state index is 11.2. The third-order valence-corrected chi connectivity index (χ3v) is 4.20. The SMILES string of the molecule is Cc1cc(NC(C)CS(C)(=O)=O)c(Br)cc1[N+](=O)[O-]. The molecule has 1 aromatic rings. The van der Waals surface area contributed by atoms with Crippen LogP contribution in [0.3, 0.4) is 0 Å². The van der Waals surface area contributed by atoms with Gasteiger partial charge in [0.25, 0.3) is 5.69 Å². The first-order valence-electron chi connectivity index (χ1n) is 5.49. The Kier molecular flexibility index (Phi) is 4.92. The molecule has 0 amide bonds. The van der Waals surface area contributed by atoms with Gasteiger partial charge in [0.15, 0.2) is 0 Å². The van der Waals surface area contributed by atoms with Gasteiger partial charge in [-0.1, -0.05) is 0 Å². The van der Waals surface area contributed by atoms with Crippen molar-refractivity contribution in [1.82, 2.24) is 0 Å². The van der Waals surface area contributed by atoms with Crippen molar-refractivity contribution in [1.29, 1.82) is 0 Å². The molecule has 1 atom stereocenters. The standard InChI is InChI=1S/C11H15BrN2O4S/c1-7-4-10(9(12)5-11(7)14(15)16)13-8(2)6-19(3,17)18/h4-5,8,13H,6H2,1-3H3. The first-order chi connectivity index (χ1) is 8.60. The van der Waals surface area contributed by atoms with Crippen molar-refractivity contribution in [2.45, 2.75) is 19.9 Å². The molecule has 106 valence electrons. The van der Waals surface area contributed by atoms with Crippen molar-refractivity contribution in [2.24, 2.45) is 0 Å². The second-order valence-electron chi connectivity index (χ2n) is 4.51. The molecule has 1 unspecified atom stereocenters. The lowest BCUT2D eigenvalue weighted by Gasteiger charge is -2.16. The molecule has 0 fully saturated rings. The molecule has 0 aliphatic rings. The van der Waals surface area contributed by atoms with Crippen molar-refractivity contribution >= 4 is 37.1 Å². The van der Waals surface area contributed by atoms with E-state index in [9.17, 15) is 18.5 Å². The normalized spacial score (nSPS) is 13.1. The molecule has 0 aromatic heterocycles. The number of sulfone groups is 1. The number of nitro groups is 1. The lowest BCUT2D eigenvalue weighted by Crippen LogP contribution is -2.25. The van der Waals surface area contributed by atoms with Gasteiger partial charge in [-0.2, -0.15) is 0 Å². The molecule has 1 rings (SSSR count). The molecule has 0 aliphatic carbocycles. The maximum Gasteiger partial charge on any atom is 0.273 e. The monoisotopic (exact) mass is 350 g/mol. The van der Waals surface area contributed by atoms with Gasteiger partial charge in [-0.25, -0.2) is 8.42 Å². The molecule has 8 heteroatoms. The number of nitro benzene ring substituents is 1. The zero-order chi connectivity index (χ0) is 14.8. The van der Waals surface area contributed by atoms with E-state index in [4.69, 9.17) is 0 Å². The zero-order valence-electron chi connectivity index (χ0n) is 10.8. The average Bonchev–Trinajstić information content (AvgIpc) is 2.19. The van der Waals surface area contributed by atoms with Gasteiger partial charge in [0, 0.05) is 34.1 Å². The van der Waals surface area contributed by atoms with E-state index in [2.05, 4.69) is 21.2 Å². The number of hydrogen-bond donors (Lipinski definition) is 1. The number of aryl methyl sites for hydroxylation is 1. The number of nitrogens with zero attached hydrogens (tertiary/aromatic N) is 1. The lowest BCUT2D eigenvalue weighted by atomic mass is 10.1. The summed E-state index contributed by atoms with van der Waals surface area (Å²) < 4.78 is 22.9. The maximum atomic E-state index is 11.2. The fraction of sp³-hybridized carbons (Fsp3) is 0.455. The summed E-state index contributed by atoms with van der Waals surface area (Å²) >= 11 is 3.24. The quantitative estimate of drug-likeness (QED) is 0.650. The molecule has 1 N–H and O–H groups in total. The largest absolute Gasteiger partial charge is 0.381 e. The van der Waals surface area contributed by atoms with E-state index >= 15 is 0 Å². The Morgan fingerprint density at radius 1 is 1.47 bits per heavy atom. The highest BCUT2D eigenvalue weighted by Crippen LogP contribution is 2.31. The molecule has 0 heterocycles. The van der Waals surface area contributed by atoms with Crippen molar-refractivity contribution in [2.75, 3.05) is 17.3 Å². The van der Waals surface area contributed by atoms with Crippen molar-refractivity contribution in [3.05, 3.63) is 32.3 Å². The van der Waals surface area contributed by atoms with E-state index in [1.54, 1.807) is 19.9 Å². The van der Waals surface area contributed by atoms with Crippen LogP contribution >= 0.6 is 15.9 Å². The summed E-state index contributed by atoms with van der Waals surface area (Å²) in [4.78, 5) is 10.3. The van der Waals surface area contributed by atoms with Gasteiger partial charge in [0.05, 0.1) is 10.7 Å². The molecule has 6 nitrogen and oxygen atoms in total. The Bertz CT molecular complexity index is 601. The Balaban J connectivity index is 2.97. The fourth-order valence-corrected chi connectivity index (χ4v) is 3.18. The molecule has 1 aromatic carbocycles. The smallest absolute Gasteiger partial charge is 0.273 e. The van der Waals surface area contributed by atoms with Crippen LogP contribution in [-0.4, -0.2) is 31.4 Å². The second kappa shape index (κ2) is 5.87.